The molecule has 1 atom stereocenters. The number of carboxylic acids is 1. The van der Waals surface area contributed by atoms with E-state index in [0.717, 1.165) is 25.3 Å². The molecule has 3 heterocycles. The van der Waals surface area contributed by atoms with Gasteiger partial charge in [-0.3, -0.25) is 0 Å². The first-order chi connectivity index (χ1) is 8.65. The Morgan fingerprint density at radius 2 is 2.33 bits per heavy atom. The highest BCUT2D eigenvalue weighted by Crippen LogP contribution is 2.24. The fraction of sp³-hybridized carbons (Fsp3) is 0.417. The first-order valence-corrected chi connectivity index (χ1v) is 5.92. The van der Waals surface area contributed by atoms with Crippen LogP contribution in [0.1, 0.15) is 28.7 Å². The van der Waals surface area contributed by atoms with E-state index in [1.54, 1.807) is 12.1 Å². The molecule has 3 rings (SSSR count). The standard InChI is InChI=1S/C12H14N4O2/c1-15-6-5-8(7-15)11-13-10-4-2-3-9(12(17)18)16(10)14-11/h2-4,8H,5-7H2,1H3,(H,17,18). The Bertz CT molecular complexity index is 607. The minimum Gasteiger partial charge on any atom is -0.477 e. The lowest BCUT2D eigenvalue weighted by Crippen LogP contribution is -2.14. The van der Waals surface area contributed by atoms with Crippen LogP contribution in [0.25, 0.3) is 5.65 Å². The number of hydrogen-bond donors (Lipinski definition) is 1. The predicted molar refractivity (Wildman–Crippen MR) is 64.8 cm³/mol. The van der Waals surface area contributed by atoms with E-state index in [9.17, 15) is 4.79 Å². The van der Waals surface area contributed by atoms with Crippen LogP contribution in [0.15, 0.2) is 18.2 Å². The maximum Gasteiger partial charge on any atom is 0.354 e. The van der Waals surface area contributed by atoms with Gasteiger partial charge in [0.1, 0.15) is 0 Å². The van der Waals surface area contributed by atoms with Crippen LogP contribution in [-0.4, -0.2) is 50.7 Å². The zero-order valence-electron chi connectivity index (χ0n) is 10.1. The highest BCUT2D eigenvalue weighted by Gasteiger charge is 2.25. The van der Waals surface area contributed by atoms with Crippen LogP contribution in [0.2, 0.25) is 0 Å². The molecule has 18 heavy (non-hydrogen) atoms. The molecule has 0 radical (unpaired) electrons. The summed E-state index contributed by atoms with van der Waals surface area (Å²) in [6.45, 7) is 1.96. The number of pyridine rings is 1. The molecule has 1 aliphatic heterocycles. The van der Waals surface area contributed by atoms with Crippen LogP contribution in [0, 0.1) is 0 Å². The summed E-state index contributed by atoms with van der Waals surface area (Å²) in [5, 5.41) is 13.5. The molecule has 94 valence electrons. The molecule has 1 fully saturated rings. The van der Waals surface area contributed by atoms with E-state index in [-0.39, 0.29) is 5.69 Å². The number of fused-ring (bicyclic) bond motifs is 1. The Morgan fingerprint density at radius 1 is 1.50 bits per heavy atom. The molecule has 0 spiro atoms. The molecule has 0 bridgehead atoms. The van der Waals surface area contributed by atoms with Gasteiger partial charge in [-0.1, -0.05) is 6.07 Å². The minimum atomic E-state index is -0.986. The molecule has 1 saturated heterocycles. The number of likely N-dealkylation sites (tertiary alicyclic amines) is 1. The van der Waals surface area contributed by atoms with Crippen molar-refractivity contribution in [2.45, 2.75) is 12.3 Å². The van der Waals surface area contributed by atoms with E-state index >= 15 is 0 Å². The molecule has 1 unspecified atom stereocenters. The lowest BCUT2D eigenvalue weighted by molar-refractivity contribution is 0.0687. The molecular weight excluding hydrogens is 232 g/mol. The summed E-state index contributed by atoms with van der Waals surface area (Å²) >= 11 is 0. The van der Waals surface area contributed by atoms with Gasteiger partial charge < -0.3 is 10.0 Å². The van der Waals surface area contributed by atoms with Gasteiger partial charge >= 0.3 is 5.97 Å². The second-order valence-corrected chi connectivity index (χ2v) is 4.70. The second-order valence-electron chi connectivity index (χ2n) is 4.70. The molecule has 0 aliphatic carbocycles. The molecule has 2 aromatic heterocycles. The van der Waals surface area contributed by atoms with Crippen LogP contribution >= 0.6 is 0 Å². The maximum absolute atomic E-state index is 11.1. The number of carbonyl (C=O) groups is 1. The number of likely N-dealkylation sites (N-methyl/N-ethyl adjacent to an activating group) is 1. The average Bonchev–Trinajstić information content (AvgIpc) is 2.93. The van der Waals surface area contributed by atoms with E-state index in [2.05, 4.69) is 22.0 Å². The summed E-state index contributed by atoms with van der Waals surface area (Å²) in [6, 6.07) is 5.01. The molecule has 1 N–H and O–H groups in total. The minimum absolute atomic E-state index is 0.151. The van der Waals surface area contributed by atoms with Crippen molar-refractivity contribution < 1.29 is 9.90 Å². The molecular formula is C12H14N4O2. The number of aromatic carboxylic acids is 1. The van der Waals surface area contributed by atoms with Crippen molar-refractivity contribution in [2.24, 2.45) is 0 Å². The molecule has 6 nitrogen and oxygen atoms in total. The summed E-state index contributed by atoms with van der Waals surface area (Å²) in [6.07, 6.45) is 1.02. The van der Waals surface area contributed by atoms with E-state index in [1.807, 2.05) is 0 Å². The summed E-state index contributed by atoms with van der Waals surface area (Å²) in [7, 11) is 2.07. The third-order valence-corrected chi connectivity index (χ3v) is 3.35. The van der Waals surface area contributed by atoms with Gasteiger partial charge in [-0.2, -0.15) is 5.10 Å². The largest absolute Gasteiger partial charge is 0.477 e. The van der Waals surface area contributed by atoms with Crippen molar-refractivity contribution in [3.05, 3.63) is 29.7 Å². The van der Waals surface area contributed by atoms with Gasteiger partial charge in [-0.25, -0.2) is 14.3 Å². The number of nitrogens with zero attached hydrogens (tertiary/aromatic N) is 4. The Kier molecular flexibility index (Phi) is 2.52. The summed E-state index contributed by atoms with van der Waals surface area (Å²) in [5.41, 5.74) is 0.747. The van der Waals surface area contributed by atoms with Crippen molar-refractivity contribution in [3.8, 4) is 0 Å². The number of rotatable bonds is 2. The molecule has 0 saturated carbocycles. The van der Waals surface area contributed by atoms with Gasteiger partial charge in [0.25, 0.3) is 0 Å². The Balaban J connectivity index is 2.05. The Morgan fingerprint density at radius 3 is 3.00 bits per heavy atom. The van der Waals surface area contributed by atoms with Crippen molar-refractivity contribution in [3.63, 3.8) is 0 Å². The predicted octanol–water partition coefficient (Wildman–Crippen LogP) is 0.847. The molecule has 0 amide bonds. The third kappa shape index (κ3) is 1.74. The Hall–Kier alpha value is -1.95. The normalized spacial score (nSPS) is 20.6. The van der Waals surface area contributed by atoms with Crippen molar-refractivity contribution in [2.75, 3.05) is 20.1 Å². The molecule has 1 aliphatic rings. The number of hydrogen-bond acceptors (Lipinski definition) is 4. The smallest absolute Gasteiger partial charge is 0.354 e. The van der Waals surface area contributed by atoms with Crippen LogP contribution in [0.5, 0.6) is 0 Å². The third-order valence-electron chi connectivity index (χ3n) is 3.35. The second kappa shape index (κ2) is 4.06. The van der Waals surface area contributed by atoms with E-state index in [1.165, 1.54) is 10.6 Å². The average molecular weight is 246 g/mol. The first kappa shape index (κ1) is 11.2. The van der Waals surface area contributed by atoms with Gasteiger partial charge in [0, 0.05) is 12.5 Å². The summed E-state index contributed by atoms with van der Waals surface area (Å²) in [4.78, 5) is 17.8. The van der Waals surface area contributed by atoms with Crippen LogP contribution in [0.4, 0.5) is 0 Å². The van der Waals surface area contributed by atoms with Gasteiger partial charge in [0.15, 0.2) is 17.2 Å². The SMILES string of the molecule is CN1CCC(c2nc3cccc(C(=O)O)n3n2)C1. The fourth-order valence-corrected chi connectivity index (χ4v) is 2.40. The summed E-state index contributed by atoms with van der Waals surface area (Å²) < 4.78 is 1.41. The van der Waals surface area contributed by atoms with Gasteiger partial charge in [-0.15, -0.1) is 0 Å². The molecule has 2 aromatic rings. The summed E-state index contributed by atoms with van der Waals surface area (Å²) in [5.74, 6) is 0.0604. The topological polar surface area (TPSA) is 70.7 Å². The van der Waals surface area contributed by atoms with Crippen molar-refractivity contribution >= 4 is 11.6 Å². The van der Waals surface area contributed by atoms with Gasteiger partial charge in [0.05, 0.1) is 0 Å². The quantitative estimate of drug-likeness (QED) is 0.850. The zero-order chi connectivity index (χ0) is 12.7. The van der Waals surface area contributed by atoms with Gasteiger partial charge in [0.2, 0.25) is 0 Å². The highest BCUT2D eigenvalue weighted by atomic mass is 16.4. The lowest BCUT2D eigenvalue weighted by atomic mass is 10.1. The van der Waals surface area contributed by atoms with Crippen molar-refractivity contribution in [1.82, 2.24) is 19.5 Å². The highest BCUT2D eigenvalue weighted by molar-refractivity contribution is 5.86. The monoisotopic (exact) mass is 246 g/mol. The van der Waals surface area contributed by atoms with Crippen molar-refractivity contribution in [1.29, 1.82) is 0 Å². The van der Waals surface area contributed by atoms with E-state index in [4.69, 9.17) is 5.11 Å². The zero-order valence-corrected chi connectivity index (χ0v) is 10.1. The van der Waals surface area contributed by atoms with E-state index < -0.39 is 5.97 Å². The number of aromatic nitrogens is 3. The van der Waals surface area contributed by atoms with Crippen LogP contribution < -0.4 is 0 Å². The first-order valence-electron chi connectivity index (χ1n) is 5.92. The van der Waals surface area contributed by atoms with Crippen LogP contribution in [0.3, 0.4) is 0 Å². The molecule has 0 aromatic carbocycles. The lowest BCUT2D eigenvalue weighted by Gasteiger charge is -2.05. The maximum atomic E-state index is 11.1. The fourth-order valence-electron chi connectivity index (χ4n) is 2.40. The Labute approximate surface area is 104 Å². The number of carboxylic acid groups (broad SMARTS) is 1. The van der Waals surface area contributed by atoms with E-state index in [0.29, 0.717) is 11.6 Å². The van der Waals surface area contributed by atoms with Crippen LogP contribution in [-0.2, 0) is 0 Å². The molecule has 6 heteroatoms. The van der Waals surface area contributed by atoms with Gasteiger partial charge in [-0.05, 0) is 32.1 Å².